The number of nitrogens with zero attached hydrogens (tertiary/aromatic N) is 1. The molecule has 0 aromatic heterocycles. The van der Waals surface area contributed by atoms with Crippen LogP contribution < -0.4 is 5.32 Å². The number of phenolic OH excluding ortho intramolecular Hbond substituents is 1. The summed E-state index contributed by atoms with van der Waals surface area (Å²) in [5.41, 5.74) is 3.56. The molecule has 3 rings (SSSR count). The van der Waals surface area contributed by atoms with Crippen LogP contribution in [-0.4, -0.2) is 27.2 Å². The van der Waals surface area contributed by atoms with Crippen LogP contribution in [-0.2, 0) is 9.59 Å². The summed E-state index contributed by atoms with van der Waals surface area (Å²) >= 11 is 1.28. The van der Waals surface area contributed by atoms with Crippen LogP contribution in [0.15, 0.2) is 47.5 Å². The summed E-state index contributed by atoms with van der Waals surface area (Å²) in [6.45, 7) is 3.89. The Hall–Kier alpha value is -2.60. The second-order valence-electron chi connectivity index (χ2n) is 5.98. The minimum absolute atomic E-state index is 0.0714. The van der Waals surface area contributed by atoms with Crippen LogP contribution >= 0.6 is 11.8 Å². The molecule has 0 radical (unpaired) electrons. The average Bonchev–Trinajstić information content (AvgIpc) is 2.92. The Morgan fingerprint density at radius 1 is 1.20 bits per heavy atom. The number of aliphatic imine (C=N–C) groups is 1. The van der Waals surface area contributed by atoms with Crippen LogP contribution in [0.5, 0.6) is 5.75 Å². The lowest BCUT2D eigenvalue weighted by molar-refractivity contribution is -0.121. The molecule has 0 bridgehead atoms. The third-order valence-corrected chi connectivity index (χ3v) is 5.10. The first-order valence-electron chi connectivity index (χ1n) is 7.88. The summed E-state index contributed by atoms with van der Waals surface area (Å²) < 4.78 is 0. The summed E-state index contributed by atoms with van der Waals surface area (Å²) in [6, 6.07) is 12.3. The Bertz CT molecular complexity index is 859. The van der Waals surface area contributed by atoms with Gasteiger partial charge in [0.2, 0.25) is 5.91 Å². The SMILES string of the molecule is Cc1ccc(C)c(NC(=O)C[C@@H]2SC(c3ccc(O)cc3)=NC2=O)c1. The van der Waals surface area contributed by atoms with E-state index < -0.39 is 5.25 Å². The van der Waals surface area contributed by atoms with Gasteiger partial charge >= 0.3 is 0 Å². The highest BCUT2D eigenvalue weighted by Gasteiger charge is 2.31. The maximum atomic E-state index is 12.3. The van der Waals surface area contributed by atoms with Crippen LogP contribution in [0.2, 0.25) is 0 Å². The molecule has 2 aromatic rings. The van der Waals surface area contributed by atoms with Crippen molar-refractivity contribution in [2.75, 3.05) is 5.32 Å². The number of carbonyl (C=O) groups excluding carboxylic acids is 2. The van der Waals surface area contributed by atoms with Gasteiger partial charge in [0.1, 0.15) is 16.0 Å². The summed E-state index contributed by atoms with van der Waals surface area (Å²) in [5.74, 6) is -0.353. The Morgan fingerprint density at radius 2 is 1.92 bits per heavy atom. The van der Waals surface area contributed by atoms with Crippen molar-refractivity contribution in [3.05, 3.63) is 59.2 Å². The second kappa shape index (κ2) is 7.11. The molecule has 6 heteroatoms. The Kier molecular flexibility index (Phi) is 4.90. The Labute approximate surface area is 150 Å². The highest BCUT2D eigenvalue weighted by Crippen LogP contribution is 2.30. The molecule has 1 aliphatic rings. The monoisotopic (exact) mass is 354 g/mol. The molecule has 5 nitrogen and oxygen atoms in total. The molecule has 1 heterocycles. The smallest absolute Gasteiger partial charge is 0.260 e. The van der Waals surface area contributed by atoms with Crippen molar-refractivity contribution in [1.82, 2.24) is 0 Å². The molecule has 0 saturated carbocycles. The molecule has 2 N–H and O–H groups in total. The van der Waals surface area contributed by atoms with Gasteiger partial charge in [-0.3, -0.25) is 9.59 Å². The van der Waals surface area contributed by atoms with Crippen molar-refractivity contribution in [1.29, 1.82) is 0 Å². The van der Waals surface area contributed by atoms with Gasteiger partial charge < -0.3 is 10.4 Å². The molecule has 1 aliphatic heterocycles. The van der Waals surface area contributed by atoms with Gasteiger partial charge in [-0.05, 0) is 55.3 Å². The van der Waals surface area contributed by atoms with Crippen LogP contribution in [0, 0.1) is 13.8 Å². The number of nitrogens with one attached hydrogen (secondary N) is 1. The summed E-state index contributed by atoms with van der Waals surface area (Å²) in [5, 5.41) is 12.3. The van der Waals surface area contributed by atoms with Crippen LogP contribution in [0.4, 0.5) is 5.69 Å². The zero-order valence-corrected chi connectivity index (χ0v) is 14.8. The summed E-state index contributed by atoms with van der Waals surface area (Å²) in [6.07, 6.45) is 0.0714. The number of hydrogen-bond donors (Lipinski definition) is 2. The standard InChI is InChI=1S/C19H18N2O3S/c1-11-3-4-12(2)15(9-11)20-17(23)10-16-18(24)21-19(25-16)13-5-7-14(22)8-6-13/h3-9,16,22H,10H2,1-2H3,(H,20,23)/t16-/m0/s1. The van der Waals surface area contributed by atoms with Gasteiger partial charge in [0.25, 0.3) is 5.91 Å². The molecule has 1 atom stereocenters. The van der Waals surface area contributed by atoms with E-state index in [1.165, 1.54) is 11.8 Å². The van der Waals surface area contributed by atoms with E-state index in [9.17, 15) is 14.7 Å². The Balaban J connectivity index is 1.64. The molecule has 0 spiro atoms. The van der Waals surface area contributed by atoms with Crippen molar-refractivity contribution >= 4 is 34.3 Å². The number of anilines is 1. The van der Waals surface area contributed by atoms with Crippen LogP contribution in [0.1, 0.15) is 23.1 Å². The van der Waals surface area contributed by atoms with Crippen molar-refractivity contribution in [2.24, 2.45) is 4.99 Å². The van der Waals surface area contributed by atoms with Gasteiger partial charge in [0.05, 0.1) is 0 Å². The van der Waals surface area contributed by atoms with Gasteiger partial charge in [-0.2, -0.15) is 0 Å². The Morgan fingerprint density at radius 3 is 2.64 bits per heavy atom. The number of rotatable bonds is 4. The van der Waals surface area contributed by atoms with E-state index in [1.807, 2.05) is 32.0 Å². The van der Waals surface area contributed by atoms with Gasteiger partial charge in [-0.1, -0.05) is 23.9 Å². The molecule has 128 valence electrons. The number of carbonyl (C=O) groups is 2. The summed E-state index contributed by atoms with van der Waals surface area (Å²) in [4.78, 5) is 28.4. The molecule has 0 unspecified atom stereocenters. The lowest BCUT2D eigenvalue weighted by Gasteiger charge is -2.11. The van der Waals surface area contributed by atoms with E-state index in [1.54, 1.807) is 24.3 Å². The van der Waals surface area contributed by atoms with Crippen LogP contribution in [0.3, 0.4) is 0 Å². The van der Waals surface area contributed by atoms with Crippen molar-refractivity contribution in [3.63, 3.8) is 0 Å². The number of phenols is 1. The minimum Gasteiger partial charge on any atom is -0.508 e. The summed E-state index contributed by atoms with van der Waals surface area (Å²) in [7, 11) is 0. The number of thioether (sulfide) groups is 1. The highest BCUT2D eigenvalue weighted by atomic mass is 32.2. The average molecular weight is 354 g/mol. The highest BCUT2D eigenvalue weighted by molar-refractivity contribution is 8.16. The first-order chi connectivity index (χ1) is 11.9. The van der Waals surface area contributed by atoms with E-state index in [2.05, 4.69) is 10.3 Å². The molecular formula is C19H18N2O3S. The fraction of sp³-hybridized carbons (Fsp3) is 0.211. The molecule has 0 saturated heterocycles. The number of aryl methyl sites for hydroxylation is 2. The molecule has 2 amide bonds. The zero-order chi connectivity index (χ0) is 18.0. The number of aromatic hydroxyl groups is 1. The van der Waals surface area contributed by atoms with Crippen molar-refractivity contribution < 1.29 is 14.7 Å². The second-order valence-corrected chi connectivity index (χ2v) is 7.17. The molecule has 0 aliphatic carbocycles. The maximum Gasteiger partial charge on any atom is 0.260 e. The lowest BCUT2D eigenvalue weighted by Crippen LogP contribution is -2.21. The fourth-order valence-corrected chi connectivity index (χ4v) is 3.56. The third-order valence-electron chi connectivity index (χ3n) is 3.89. The zero-order valence-electron chi connectivity index (χ0n) is 13.9. The molecular weight excluding hydrogens is 336 g/mol. The quantitative estimate of drug-likeness (QED) is 0.882. The van der Waals surface area contributed by atoms with E-state index in [0.717, 1.165) is 22.4 Å². The van der Waals surface area contributed by atoms with Crippen molar-refractivity contribution in [2.45, 2.75) is 25.5 Å². The van der Waals surface area contributed by atoms with Gasteiger partial charge in [-0.15, -0.1) is 0 Å². The number of hydrogen-bond acceptors (Lipinski definition) is 4. The van der Waals surface area contributed by atoms with E-state index in [0.29, 0.717) is 5.04 Å². The molecule has 25 heavy (non-hydrogen) atoms. The topological polar surface area (TPSA) is 78.8 Å². The van der Waals surface area contributed by atoms with E-state index >= 15 is 0 Å². The molecule has 2 aromatic carbocycles. The predicted molar refractivity (Wildman–Crippen MR) is 100 cm³/mol. The predicted octanol–water partition coefficient (Wildman–Crippen LogP) is 3.43. The van der Waals surface area contributed by atoms with Gasteiger partial charge in [-0.25, -0.2) is 4.99 Å². The van der Waals surface area contributed by atoms with E-state index in [-0.39, 0.29) is 24.0 Å². The normalized spacial score (nSPS) is 16.6. The minimum atomic E-state index is -0.520. The first-order valence-corrected chi connectivity index (χ1v) is 8.76. The van der Waals surface area contributed by atoms with Gasteiger partial charge in [0.15, 0.2) is 0 Å². The number of benzene rings is 2. The molecule has 0 fully saturated rings. The number of amides is 2. The largest absolute Gasteiger partial charge is 0.508 e. The first kappa shape index (κ1) is 17.2. The maximum absolute atomic E-state index is 12.3. The van der Waals surface area contributed by atoms with E-state index in [4.69, 9.17) is 0 Å². The van der Waals surface area contributed by atoms with Gasteiger partial charge in [0, 0.05) is 17.7 Å². The third kappa shape index (κ3) is 4.09. The van der Waals surface area contributed by atoms with Crippen molar-refractivity contribution in [3.8, 4) is 5.75 Å². The fourth-order valence-electron chi connectivity index (χ4n) is 2.49. The lowest BCUT2D eigenvalue weighted by atomic mass is 10.1. The van der Waals surface area contributed by atoms with Crippen LogP contribution in [0.25, 0.3) is 0 Å².